The van der Waals surface area contributed by atoms with Gasteiger partial charge in [-0.2, -0.15) is 0 Å². The normalized spacial score (nSPS) is 12.3. The van der Waals surface area contributed by atoms with Gasteiger partial charge in [-0.3, -0.25) is 4.79 Å². The van der Waals surface area contributed by atoms with Crippen molar-refractivity contribution in [3.05, 3.63) is 63.9 Å². The minimum Gasteiger partial charge on any atom is -0.309 e. The molecule has 0 aliphatic heterocycles. The molecule has 3 rings (SSSR count). The Kier molecular flexibility index (Phi) is 5.11. The molecule has 0 amide bonds. The fraction of sp³-hybridized carbons (Fsp3) is 0.235. The molecule has 0 fully saturated rings. The van der Waals surface area contributed by atoms with E-state index in [0.29, 0.717) is 10.7 Å². The second-order valence-corrected chi connectivity index (χ2v) is 7.69. The van der Waals surface area contributed by atoms with E-state index in [1.54, 1.807) is 11.3 Å². The van der Waals surface area contributed by atoms with E-state index in [-0.39, 0.29) is 16.9 Å². The number of rotatable bonds is 6. The summed E-state index contributed by atoms with van der Waals surface area (Å²) in [5.41, 5.74) is 0.498. The molecule has 24 heavy (non-hydrogen) atoms. The Morgan fingerprint density at radius 3 is 2.71 bits per heavy atom. The van der Waals surface area contributed by atoms with Gasteiger partial charge in [0.25, 0.3) is 0 Å². The quantitative estimate of drug-likeness (QED) is 0.492. The summed E-state index contributed by atoms with van der Waals surface area (Å²) in [6, 6.07) is 9.68. The average Bonchev–Trinajstić information content (AvgIpc) is 3.20. The predicted octanol–water partition coefficient (Wildman–Crippen LogP) is 3.97. The molecule has 124 valence electrons. The van der Waals surface area contributed by atoms with E-state index in [9.17, 15) is 9.18 Å². The number of hydrogen-bond acceptors (Lipinski definition) is 5. The van der Waals surface area contributed by atoms with E-state index >= 15 is 0 Å². The summed E-state index contributed by atoms with van der Waals surface area (Å²) in [7, 11) is 1.90. The summed E-state index contributed by atoms with van der Waals surface area (Å²) in [6.07, 6.45) is 0.724. The number of aromatic nitrogens is 3. The number of hydrogen-bond donors (Lipinski definition) is 0. The summed E-state index contributed by atoms with van der Waals surface area (Å²) in [5.74, 6) is 0.461. The van der Waals surface area contributed by atoms with Gasteiger partial charge < -0.3 is 4.57 Å². The molecule has 2 aromatic heterocycles. The third kappa shape index (κ3) is 3.73. The van der Waals surface area contributed by atoms with Crippen molar-refractivity contribution in [1.82, 2.24) is 14.8 Å². The topological polar surface area (TPSA) is 47.8 Å². The highest BCUT2D eigenvalue weighted by Gasteiger charge is 2.20. The van der Waals surface area contributed by atoms with Crippen LogP contribution < -0.4 is 0 Å². The Hall–Kier alpha value is -1.99. The lowest BCUT2D eigenvalue weighted by molar-refractivity contribution is 0.0994. The van der Waals surface area contributed by atoms with Gasteiger partial charge in [-0.1, -0.05) is 17.8 Å². The number of carbonyl (C=O) groups excluding carboxylic acids is 1. The number of Topliss-reactive ketones (excluding diaryl/α,β-unsaturated/α-hetero) is 1. The van der Waals surface area contributed by atoms with Crippen LogP contribution in [-0.2, 0) is 13.5 Å². The van der Waals surface area contributed by atoms with Crippen LogP contribution in [0.5, 0.6) is 0 Å². The predicted molar refractivity (Wildman–Crippen MR) is 94.2 cm³/mol. The number of halogens is 1. The smallest absolute Gasteiger partial charge is 0.191 e. The van der Waals surface area contributed by atoms with Crippen LogP contribution in [0, 0.1) is 5.82 Å². The van der Waals surface area contributed by atoms with E-state index in [2.05, 4.69) is 16.3 Å². The zero-order chi connectivity index (χ0) is 17.1. The summed E-state index contributed by atoms with van der Waals surface area (Å²) in [6.45, 7) is 1.82. The molecular weight excluding hydrogens is 345 g/mol. The Morgan fingerprint density at radius 2 is 2.04 bits per heavy atom. The van der Waals surface area contributed by atoms with Crippen LogP contribution in [0.1, 0.15) is 28.0 Å². The highest BCUT2D eigenvalue weighted by Crippen LogP contribution is 2.25. The summed E-state index contributed by atoms with van der Waals surface area (Å²) < 4.78 is 14.9. The Labute approximate surface area is 147 Å². The Morgan fingerprint density at radius 1 is 1.29 bits per heavy atom. The molecule has 0 aliphatic carbocycles. The van der Waals surface area contributed by atoms with Crippen LogP contribution in [0.15, 0.2) is 46.9 Å². The third-order valence-corrected chi connectivity index (χ3v) is 5.63. The Bertz CT molecular complexity index is 828. The third-order valence-electron chi connectivity index (χ3n) is 3.62. The lowest BCUT2D eigenvalue weighted by atomic mass is 10.1. The maximum absolute atomic E-state index is 13.0. The van der Waals surface area contributed by atoms with Crippen molar-refractivity contribution in [3.63, 3.8) is 0 Å². The van der Waals surface area contributed by atoms with Crippen LogP contribution >= 0.6 is 23.1 Å². The number of ketones is 1. The number of thiophene rings is 1. The van der Waals surface area contributed by atoms with Crippen molar-refractivity contribution in [2.75, 3.05) is 0 Å². The molecule has 1 aromatic carbocycles. The summed E-state index contributed by atoms with van der Waals surface area (Å²) >= 11 is 3.04. The van der Waals surface area contributed by atoms with Gasteiger partial charge in [0.15, 0.2) is 10.9 Å². The van der Waals surface area contributed by atoms with Gasteiger partial charge in [0.2, 0.25) is 0 Å². The van der Waals surface area contributed by atoms with Gasteiger partial charge in [0.05, 0.1) is 5.25 Å². The molecule has 3 aromatic rings. The van der Waals surface area contributed by atoms with Crippen molar-refractivity contribution >= 4 is 28.9 Å². The van der Waals surface area contributed by atoms with Crippen LogP contribution in [0.2, 0.25) is 0 Å². The second kappa shape index (κ2) is 7.27. The largest absolute Gasteiger partial charge is 0.309 e. The zero-order valence-electron chi connectivity index (χ0n) is 13.3. The van der Waals surface area contributed by atoms with Gasteiger partial charge >= 0.3 is 0 Å². The minimum atomic E-state index is -0.349. The molecule has 1 atom stereocenters. The van der Waals surface area contributed by atoms with Gasteiger partial charge in [-0.15, -0.1) is 21.5 Å². The standard InChI is InChI=1S/C17H16FN3OS2/c1-11(16(22)12-5-7-13(18)8-6-12)24-17-20-19-15(21(17)2)10-14-4-3-9-23-14/h3-9,11H,10H2,1-2H3/t11-/m0/s1. The molecule has 0 unspecified atom stereocenters. The Balaban J connectivity index is 1.70. The number of nitrogens with zero attached hydrogens (tertiary/aromatic N) is 3. The van der Waals surface area contributed by atoms with Crippen molar-refractivity contribution in [1.29, 1.82) is 0 Å². The first-order chi connectivity index (χ1) is 11.5. The van der Waals surface area contributed by atoms with E-state index in [1.165, 1.54) is 40.9 Å². The molecule has 0 saturated heterocycles. The average molecular weight is 361 g/mol. The molecule has 7 heteroatoms. The molecule has 0 saturated carbocycles. The van der Waals surface area contributed by atoms with Gasteiger partial charge in [-0.05, 0) is 42.6 Å². The summed E-state index contributed by atoms with van der Waals surface area (Å²) in [4.78, 5) is 13.7. The first-order valence-electron chi connectivity index (χ1n) is 7.41. The maximum Gasteiger partial charge on any atom is 0.191 e. The number of benzene rings is 1. The minimum absolute atomic E-state index is 0.0530. The van der Waals surface area contributed by atoms with Gasteiger partial charge in [-0.25, -0.2) is 4.39 Å². The van der Waals surface area contributed by atoms with Crippen LogP contribution in [0.25, 0.3) is 0 Å². The van der Waals surface area contributed by atoms with Gasteiger partial charge in [0.1, 0.15) is 11.6 Å². The molecule has 0 N–H and O–H groups in total. The van der Waals surface area contributed by atoms with Gasteiger partial charge in [0, 0.05) is 23.9 Å². The van der Waals surface area contributed by atoms with E-state index in [4.69, 9.17) is 0 Å². The van der Waals surface area contributed by atoms with E-state index < -0.39 is 0 Å². The second-order valence-electron chi connectivity index (χ2n) is 5.35. The number of thioether (sulfide) groups is 1. The van der Waals surface area contributed by atoms with Crippen molar-refractivity contribution in [3.8, 4) is 0 Å². The molecule has 0 aliphatic rings. The fourth-order valence-corrected chi connectivity index (χ4v) is 3.84. The molecule has 0 radical (unpaired) electrons. The fourth-order valence-electron chi connectivity index (χ4n) is 2.23. The monoisotopic (exact) mass is 361 g/mol. The highest BCUT2D eigenvalue weighted by molar-refractivity contribution is 8.00. The lowest BCUT2D eigenvalue weighted by Gasteiger charge is -2.10. The zero-order valence-corrected chi connectivity index (χ0v) is 14.9. The van der Waals surface area contributed by atoms with Crippen LogP contribution in [0.3, 0.4) is 0 Å². The van der Waals surface area contributed by atoms with E-state index in [1.807, 2.05) is 30.0 Å². The first kappa shape index (κ1) is 16.9. The molecular formula is C17H16FN3OS2. The molecule has 0 bridgehead atoms. The summed E-state index contributed by atoms with van der Waals surface area (Å²) in [5, 5.41) is 10.8. The highest BCUT2D eigenvalue weighted by atomic mass is 32.2. The molecule has 2 heterocycles. The van der Waals surface area contributed by atoms with Crippen molar-refractivity contribution in [2.45, 2.75) is 23.8 Å². The molecule has 4 nitrogen and oxygen atoms in total. The van der Waals surface area contributed by atoms with E-state index in [0.717, 1.165) is 12.2 Å². The lowest BCUT2D eigenvalue weighted by Crippen LogP contribution is -2.14. The number of carbonyl (C=O) groups is 1. The van der Waals surface area contributed by atoms with Crippen LogP contribution in [0.4, 0.5) is 4.39 Å². The maximum atomic E-state index is 13.0. The van der Waals surface area contributed by atoms with Crippen molar-refractivity contribution < 1.29 is 9.18 Å². The van der Waals surface area contributed by atoms with Crippen LogP contribution in [-0.4, -0.2) is 25.8 Å². The SMILES string of the molecule is C[C@H](Sc1nnc(Cc2cccs2)n1C)C(=O)c1ccc(F)cc1. The molecule has 0 spiro atoms. The first-order valence-corrected chi connectivity index (χ1v) is 9.17. The van der Waals surface area contributed by atoms with Crippen molar-refractivity contribution in [2.24, 2.45) is 7.05 Å².